The number of amides is 1. The van der Waals surface area contributed by atoms with Gasteiger partial charge in [-0.15, -0.1) is 0 Å². The number of carbonyl (C=O) groups excluding carboxylic acids is 1. The van der Waals surface area contributed by atoms with Gasteiger partial charge in [0.2, 0.25) is 5.91 Å². The second-order valence-corrected chi connectivity index (χ2v) is 8.08. The molecule has 2 heteroatoms. The molecule has 1 saturated heterocycles. The highest BCUT2D eigenvalue weighted by Crippen LogP contribution is 2.37. The van der Waals surface area contributed by atoms with E-state index in [1.807, 2.05) is 0 Å². The summed E-state index contributed by atoms with van der Waals surface area (Å²) in [5.41, 5.74) is 3.99. The SMILES string of the molecule is CC1C(Cc2ccc(-c3ccccc3)cc2)CCCC1N1CCCC1=O. The van der Waals surface area contributed by atoms with Gasteiger partial charge in [0.1, 0.15) is 0 Å². The lowest BCUT2D eigenvalue weighted by Gasteiger charge is -2.41. The van der Waals surface area contributed by atoms with Crippen molar-refractivity contribution in [2.75, 3.05) is 6.54 Å². The second kappa shape index (κ2) is 7.65. The third-order valence-electron chi connectivity index (χ3n) is 6.49. The second-order valence-electron chi connectivity index (χ2n) is 8.08. The quantitative estimate of drug-likeness (QED) is 0.732. The Bertz CT molecular complexity index is 737. The van der Waals surface area contributed by atoms with Crippen LogP contribution in [0.1, 0.15) is 44.6 Å². The molecule has 1 aliphatic heterocycles. The molecule has 2 aliphatic rings. The molecule has 26 heavy (non-hydrogen) atoms. The molecular formula is C24H29NO. The first-order valence-corrected chi connectivity index (χ1v) is 10.2. The lowest BCUT2D eigenvalue weighted by atomic mass is 9.73. The molecule has 1 amide bonds. The molecule has 2 aromatic carbocycles. The molecule has 0 aromatic heterocycles. The average Bonchev–Trinajstić information content (AvgIpc) is 3.10. The molecule has 2 nitrogen and oxygen atoms in total. The fraction of sp³-hybridized carbons (Fsp3) is 0.458. The molecule has 2 aromatic rings. The average molecular weight is 348 g/mol. The van der Waals surface area contributed by atoms with E-state index < -0.39 is 0 Å². The van der Waals surface area contributed by atoms with Gasteiger partial charge in [-0.05, 0) is 54.2 Å². The zero-order valence-electron chi connectivity index (χ0n) is 15.7. The number of hydrogen-bond acceptors (Lipinski definition) is 1. The fourth-order valence-corrected chi connectivity index (χ4v) is 4.94. The number of rotatable bonds is 4. The molecule has 3 unspecified atom stereocenters. The zero-order valence-corrected chi connectivity index (χ0v) is 15.7. The van der Waals surface area contributed by atoms with Crippen molar-refractivity contribution in [3.05, 3.63) is 60.2 Å². The van der Waals surface area contributed by atoms with Gasteiger partial charge in [0, 0.05) is 19.0 Å². The van der Waals surface area contributed by atoms with Gasteiger partial charge >= 0.3 is 0 Å². The Morgan fingerprint density at radius 2 is 1.65 bits per heavy atom. The Balaban J connectivity index is 1.44. The Hall–Kier alpha value is -2.09. The smallest absolute Gasteiger partial charge is 0.222 e. The van der Waals surface area contributed by atoms with Gasteiger partial charge in [-0.25, -0.2) is 0 Å². The Kier molecular flexibility index (Phi) is 5.10. The minimum absolute atomic E-state index is 0.384. The largest absolute Gasteiger partial charge is 0.339 e. The first-order chi connectivity index (χ1) is 12.7. The van der Waals surface area contributed by atoms with Crippen molar-refractivity contribution in [2.45, 2.75) is 51.5 Å². The third-order valence-corrected chi connectivity index (χ3v) is 6.49. The fourth-order valence-electron chi connectivity index (χ4n) is 4.94. The van der Waals surface area contributed by atoms with E-state index in [-0.39, 0.29) is 0 Å². The summed E-state index contributed by atoms with van der Waals surface area (Å²) in [6.45, 7) is 3.35. The highest BCUT2D eigenvalue weighted by atomic mass is 16.2. The topological polar surface area (TPSA) is 20.3 Å². The summed E-state index contributed by atoms with van der Waals surface area (Å²) in [6, 6.07) is 20.1. The summed E-state index contributed by atoms with van der Waals surface area (Å²) in [4.78, 5) is 14.4. The lowest BCUT2D eigenvalue weighted by Crippen LogP contribution is -2.45. The van der Waals surface area contributed by atoms with Crippen molar-refractivity contribution in [1.29, 1.82) is 0 Å². The molecule has 1 heterocycles. The van der Waals surface area contributed by atoms with E-state index in [4.69, 9.17) is 0 Å². The monoisotopic (exact) mass is 347 g/mol. The molecule has 0 spiro atoms. The van der Waals surface area contributed by atoms with Crippen LogP contribution in [-0.4, -0.2) is 23.4 Å². The molecule has 136 valence electrons. The lowest BCUT2D eigenvalue weighted by molar-refractivity contribution is -0.131. The number of carbonyl (C=O) groups is 1. The number of benzene rings is 2. The summed E-state index contributed by atoms with van der Waals surface area (Å²) in [7, 11) is 0. The molecule has 1 aliphatic carbocycles. The minimum atomic E-state index is 0.384. The van der Waals surface area contributed by atoms with Crippen LogP contribution in [0, 0.1) is 11.8 Å². The van der Waals surface area contributed by atoms with Crippen molar-refractivity contribution in [2.24, 2.45) is 11.8 Å². The summed E-state index contributed by atoms with van der Waals surface area (Å²) in [6.07, 6.45) is 6.68. The molecule has 1 saturated carbocycles. The van der Waals surface area contributed by atoms with E-state index >= 15 is 0 Å². The van der Waals surface area contributed by atoms with E-state index in [2.05, 4.69) is 66.4 Å². The molecule has 4 rings (SSSR count). The predicted octanol–water partition coefficient (Wildman–Crippen LogP) is 5.32. The molecule has 2 fully saturated rings. The maximum absolute atomic E-state index is 12.2. The summed E-state index contributed by atoms with van der Waals surface area (Å²) in [5, 5.41) is 0. The van der Waals surface area contributed by atoms with Crippen LogP contribution in [0.25, 0.3) is 11.1 Å². The van der Waals surface area contributed by atoms with Gasteiger partial charge < -0.3 is 4.90 Å². The Labute approximate surface area is 157 Å². The molecule has 0 N–H and O–H groups in total. The third kappa shape index (κ3) is 3.56. The first-order valence-electron chi connectivity index (χ1n) is 10.2. The van der Waals surface area contributed by atoms with Crippen LogP contribution in [0.4, 0.5) is 0 Å². The minimum Gasteiger partial charge on any atom is -0.339 e. The highest BCUT2D eigenvalue weighted by Gasteiger charge is 2.37. The van der Waals surface area contributed by atoms with Crippen molar-refractivity contribution in [3.8, 4) is 11.1 Å². The Morgan fingerprint density at radius 1 is 0.923 bits per heavy atom. The number of hydrogen-bond donors (Lipinski definition) is 0. The van der Waals surface area contributed by atoms with E-state index in [0.717, 1.165) is 25.8 Å². The van der Waals surface area contributed by atoms with E-state index in [1.165, 1.54) is 36.0 Å². The maximum Gasteiger partial charge on any atom is 0.222 e. The van der Waals surface area contributed by atoms with Crippen LogP contribution in [0.15, 0.2) is 54.6 Å². The van der Waals surface area contributed by atoms with Gasteiger partial charge in [0.05, 0.1) is 0 Å². The zero-order chi connectivity index (χ0) is 17.9. The van der Waals surface area contributed by atoms with Crippen molar-refractivity contribution < 1.29 is 4.79 Å². The highest BCUT2D eigenvalue weighted by molar-refractivity contribution is 5.78. The van der Waals surface area contributed by atoms with Gasteiger partial charge in [0.15, 0.2) is 0 Å². The molecular weight excluding hydrogens is 318 g/mol. The summed E-state index contributed by atoms with van der Waals surface area (Å²) >= 11 is 0. The molecule has 0 bridgehead atoms. The van der Waals surface area contributed by atoms with Crippen LogP contribution >= 0.6 is 0 Å². The van der Waals surface area contributed by atoms with Crippen LogP contribution < -0.4 is 0 Å². The van der Waals surface area contributed by atoms with Gasteiger partial charge in [-0.1, -0.05) is 67.9 Å². The number of nitrogens with zero attached hydrogens (tertiary/aromatic N) is 1. The summed E-state index contributed by atoms with van der Waals surface area (Å²) < 4.78 is 0. The van der Waals surface area contributed by atoms with Crippen LogP contribution in [-0.2, 0) is 11.2 Å². The van der Waals surface area contributed by atoms with Crippen LogP contribution in [0.2, 0.25) is 0 Å². The summed E-state index contributed by atoms with van der Waals surface area (Å²) in [5.74, 6) is 1.67. The van der Waals surface area contributed by atoms with Crippen molar-refractivity contribution in [3.63, 3.8) is 0 Å². The van der Waals surface area contributed by atoms with E-state index in [1.54, 1.807) is 0 Å². The van der Waals surface area contributed by atoms with Gasteiger partial charge in [-0.2, -0.15) is 0 Å². The normalized spacial score (nSPS) is 26.3. The predicted molar refractivity (Wildman–Crippen MR) is 107 cm³/mol. The first kappa shape index (κ1) is 17.3. The Morgan fingerprint density at radius 3 is 2.35 bits per heavy atom. The molecule has 3 atom stereocenters. The van der Waals surface area contributed by atoms with E-state index in [0.29, 0.717) is 23.8 Å². The van der Waals surface area contributed by atoms with Crippen LogP contribution in [0.5, 0.6) is 0 Å². The van der Waals surface area contributed by atoms with E-state index in [9.17, 15) is 4.79 Å². The van der Waals surface area contributed by atoms with Crippen molar-refractivity contribution >= 4 is 5.91 Å². The van der Waals surface area contributed by atoms with Gasteiger partial charge in [0.25, 0.3) is 0 Å². The molecule has 0 radical (unpaired) electrons. The van der Waals surface area contributed by atoms with Gasteiger partial charge in [-0.3, -0.25) is 4.79 Å². The number of likely N-dealkylation sites (tertiary alicyclic amines) is 1. The van der Waals surface area contributed by atoms with Crippen LogP contribution in [0.3, 0.4) is 0 Å². The van der Waals surface area contributed by atoms with Crippen molar-refractivity contribution in [1.82, 2.24) is 4.90 Å². The maximum atomic E-state index is 12.2. The standard InChI is InChI=1S/C24H29NO/c1-18-22(9-5-10-23(18)25-16-6-11-24(25)26)17-19-12-14-21(15-13-19)20-7-3-2-4-8-20/h2-4,7-8,12-15,18,22-23H,5-6,9-11,16-17H2,1H3.